The Bertz CT molecular complexity index is 316. The van der Waals surface area contributed by atoms with Gasteiger partial charge in [-0.2, -0.15) is 0 Å². The van der Waals surface area contributed by atoms with Gasteiger partial charge in [0.25, 0.3) is 0 Å². The van der Waals surface area contributed by atoms with E-state index >= 15 is 0 Å². The van der Waals surface area contributed by atoms with Gasteiger partial charge >= 0.3 is 0 Å². The molecule has 0 bridgehead atoms. The largest absolute Gasteiger partial charge is 0.300 e. The molecule has 84 valence electrons. The number of thiazole rings is 1. The summed E-state index contributed by atoms with van der Waals surface area (Å²) in [5.41, 5.74) is 1.10. The van der Waals surface area contributed by atoms with Crippen LogP contribution in [0.2, 0.25) is 0 Å². The summed E-state index contributed by atoms with van der Waals surface area (Å²) in [7, 11) is 0. The van der Waals surface area contributed by atoms with E-state index in [1.807, 2.05) is 6.92 Å². The van der Waals surface area contributed by atoms with Crippen molar-refractivity contribution in [2.75, 3.05) is 5.33 Å². The van der Waals surface area contributed by atoms with Crippen molar-refractivity contribution >= 4 is 33.0 Å². The molecule has 0 fully saturated rings. The number of carbonyl (C=O) groups excluding carboxylic acids is 1. The Labute approximate surface area is 103 Å². The second-order valence-electron chi connectivity index (χ2n) is 3.58. The molecule has 0 unspecified atom stereocenters. The number of Topliss-reactive ketones (excluding diaryl/α,β-unsaturated/α-hetero) is 1. The predicted molar refractivity (Wildman–Crippen MR) is 67.9 cm³/mol. The number of ketones is 1. The summed E-state index contributed by atoms with van der Waals surface area (Å²) in [6.45, 7) is 4.09. The van der Waals surface area contributed by atoms with E-state index in [-0.39, 0.29) is 0 Å². The maximum absolute atomic E-state index is 11.4. The molecule has 1 rings (SSSR count). The van der Waals surface area contributed by atoms with E-state index in [0.29, 0.717) is 18.6 Å². The maximum Gasteiger partial charge on any atom is 0.133 e. The topological polar surface area (TPSA) is 30.0 Å². The molecule has 0 aliphatic carbocycles. The van der Waals surface area contributed by atoms with E-state index in [4.69, 9.17) is 0 Å². The molecule has 0 saturated heterocycles. The highest BCUT2D eigenvalue weighted by Gasteiger charge is 2.06. The molecule has 1 aromatic heterocycles. The van der Waals surface area contributed by atoms with Crippen LogP contribution in [0.1, 0.15) is 34.8 Å². The van der Waals surface area contributed by atoms with Gasteiger partial charge in [-0.3, -0.25) is 4.79 Å². The number of carbonyl (C=O) groups is 1. The van der Waals surface area contributed by atoms with Crippen LogP contribution in [-0.2, 0) is 11.2 Å². The first kappa shape index (κ1) is 12.8. The number of hydrogen-bond donors (Lipinski definition) is 0. The van der Waals surface area contributed by atoms with Crippen molar-refractivity contribution < 1.29 is 4.79 Å². The zero-order chi connectivity index (χ0) is 11.3. The normalized spacial score (nSPS) is 10.6. The third kappa shape index (κ3) is 4.43. The molecule has 1 heterocycles. The SMILES string of the molecule is Cc1nc(CCC(=O)CCCBr)sc1C. The van der Waals surface area contributed by atoms with Crippen LogP contribution in [0.15, 0.2) is 0 Å². The van der Waals surface area contributed by atoms with Crippen LogP contribution in [0, 0.1) is 13.8 Å². The van der Waals surface area contributed by atoms with E-state index in [0.717, 1.165) is 28.9 Å². The van der Waals surface area contributed by atoms with Crippen molar-refractivity contribution in [3.8, 4) is 0 Å². The number of aryl methyl sites for hydroxylation is 3. The standard InChI is InChI=1S/C11H16BrNOS/c1-8-9(2)15-11(13-8)6-5-10(14)4-3-7-12/h3-7H2,1-2H3. The molecule has 1 aromatic rings. The molecular weight excluding hydrogens is 274 g/mol. The molecule has 0 amide bonds. The molecule has 0 saturated carbocycles. The lowest BCUT2D eigenvalue weighted by Gasteiger charge is -1.96. The summed E-state index contributed by atoms with van der Waals surface area (Å²) in [6, 6.07) is 0. The smallest absolute Gasteiger partial charge is 0.133 e. The second-order valence-corrected chi connectivity index (χ2v) is 5.66. The van der Waals surface area contributed by atoms with E-state index < -0.39 is 0 Å². The van der Waals surface area contributed by atoms with Crippen molar-refractivity contribution in [3.63, 3.8) is 0 Å². The number of rotatable bonds is 6. The van der Waals surface area contributed by atoms with Crippen molar-refractivity contribution in [3.05, 3.63) is 15.6 Å². The fourth-order valence-electron chi connectivity index (χ4n) is 1.28. The highest BCUT2D eigenvalue weighted by atomic mass is 79.9. The minimum absolute atomic E-state index is 0.347. The van der Waals surface area contributed by atoms with Gasteiger partial charge in [-0.15, -0.1) is 11.3 Å². The van der Waals surface area contributed by atoms with Crippen LogP contribution >= 0.6 is 27.3 Å². The Kier molecular flexibility index (Phi) is 5.47. The maximum atomic E-state index is 11.4. The molecule has 0 aliphatic heterocycles. The van der Waals surface area contributed by atoms with Crippen LogP contribution < -0.4 is 0 Å². The molecule has 0 aliphatic rings. The first-order valence-electron chi connectivity index (χ1n) is 5.14. The second kappa shape index (κ2) is 6.38. The van der Waals surface area contributed by atoms with Crippen molar-refractivity contribution in [1.29, 1.82) is 0 Å². The third-order valence-corrected chi connectivity index (χ3v) is 3.97. The number of halogens is 1. The summed E-state index contributed by atoms with van der Waals surface area (Å²) in [5, 5.41) is 2.01. The molecule has 15 heavy (non-hydrogen) atoms. The summed E-state index contributed by atoms with van der Waals surface area (Å²) in [6.07, 6.45) is 3.07. The lowest BCUT2D eigenvalue weighted by Crippen LogP contribution is -2.00. The van der Waals surface area contributed by atoms with Crippen molar-refractivity contribution in [2.45, 2.75) is 39.5 Å². The molecular formula is C11H16BrNOS. The average molecular weight is 290 g/mol. The van der Waals surface area contributed by atoms with E-state index in [2.05, 4.69) is 27.8 Å². The van der Waals surface area contributed by atoms with Crippen LogP contribution in [0.25, 0.3) is 0 Å². The lowest BCUT2D eigenvalue weighted by atomic mass is 10.1. The fourth-order valence-corrected chi connectivity index (χ4v) is 2.50. The van der Waals surface area contributed by atoms with Gasteiger partial charge in [0.2, 0.25) is 0 Å². The summed E-state index contributed by atoms with van der Waals surface area (Å²) in [5.74, 6) is 0.347. The number of hydrogen-bond acceptors (Lipinski definition) is 3. The Balaban J connectivity index is 2.33. The fraction of sp³-hybridized carbons (Fsp3) is 0.636. The minimum atomic E-state index is 0.347. The summed E-state index contributed by atoms with van der Waals surface area (Å²) >= 11 is 5.03. The average Bonchev–Trinajstić information content (AvgIpc) is 2.52. The van der Waals surface area contributed by atoms with Crippen LogP contribution in [0.3, 0.4) is 0 Å². The summed E-state index contributed by atoms with van der Waals surface area (Å²) in [4.78, 5) is 17.1. The van der Waals surface area contributed by atoms with Gasteiger partial charge in [-0.1, -0.05) is 15.9 Å². The van der Waals surface area contributed by atoms with Crippen LogP contribution in [0.5, 0.6) is 0 Å². The van der Waals surface area contributed by atoms with E-state index in [1.165, 1.54) is 4.88 Å². The van der Waals surface area contributed by atoms with Gasteiger partial charge in [0.15, 0.2) is 0 Å². The highest BCUT2D eigenvalue weighted by molar-refractivity contribution is 9.09. The molecule has 4 heteroatoms. The molecule has 0 spiro atoms. The van der Waals surface area contributed by atoms with E-state index in [1.54, 1.807) is 11.3 Å². The quantitative estimate of drug-likeness (QED) is 0.751. The zero-order valence-electron chi connectivity index (χ0n) is 9.18. The highest BCUT2D eigenvalue weighted by Crippen LogP contribution is 2.18. The lowest BCUT2D eigenvalue weighted by molar-refractivity contribution is -0.119. The Hall–Kier alpha value is -0.220. The molecule has 0 N–H and O–H groups in total. The molecule has 0 radical (unpaired) electrons. The Morgan fingerprint density at radius 1 is 1.40 bits per heavy atom. The molecule has 0 atom stereocenters. The van der Waals surface area contributed by atoms with Gasteiger partial charge in [-0.25, -0.2) is 4.98 Å². The summed E-state index contributed by atoms with van der Waals surface area (Å²) < 4.78 is 0. The number of alkyl halides is 1. The first-order chi connectivity index (χ1) is 7.13. The van der Waals surface area contributed by atoms with Crippen molar-refractivity contribution in [1.82, 2.24) is 4.98 Å². The minimum Gasteiger partial charge on any atom is -0.300 e. The zero-order valence-corrected chi connectivity index (χ0v) is 11.6. The van der Waals surface area contributed by atoms with Gasteiger partial charge in [0, 0.05) is 29.5 Å². The van der Waals surface area contributed by atoms with Gasteiger partial charge < -0.3 is 0 Å². The van der Waals surface area contributed by atoms with Crippen molar-refractivity contribution in [2.24, 2.45) is 0 Å². The third-order valence-electron chi connectivity index (χ3n) is 2.28. The van der Waals surface area contributed by atoms with Crippen LogP contribution in [0.4, 0.5) is 0 Å². The van der Waals surface area contributed by atoms with Gasteiger partial charge in [0.1, 0.15) is 5.78 Å². The Morgan fingerprint density at radius 2 is 2.13 bits per heavy atom. The molecule has 2 nitrogen and oxygen atoms in total. The van der Waals surface area contributed by atoms with Gasteiger partial charge in [-0.05, 0) is 20.3 Å². The predicted octanol–water partition coefficient (Wildman–Crippen LogP) is 3.44. The molecule has 0 aromatic carbocycles. The van der Waals surface area contributed by atoms with Gasteiger partial charge in [0.05, 0.1) is 10.7 Å². The number of aromatic nitrogens is 1. The monoisotopic (exact) mass is 289 g/mol. The van der Waals surface area contributed by atoms with E-state index in [9.17, 15) is 4.79 Å². The first-order valence-corrected chi connectivity index (χ1v) is 7.08. The number of nitrogens with zero attached hydrogens (tertiary/aromatic N) is 1. The Morgan fingerprint density at radius 3 is 2.67 bits per heavy atom. The van der Waals surface area contributed by atoms with Crippen LogP contribution in [-0.4, -0.2) is 16.1 Å².